The first-order valence-electron chi connectivity index (χ1n) is 21.5. The number of benzene rings is 4. The van der Waals surface area contributed by atoms with Gasteiger partial charge in [0.25, 0.3) is 0 Å². The van der Waals surface area contributed by atoms with Crippen molar-refractivity contribution in [3.63, 3.8) is 0 Å². The van der Waals surface area contributed by atoms with Gasteiger partial charge in [-0.3, -0.25) is 10.1 Å². The second kappa shape index (κ2) is 12.9. The minimum Gasteiger partial charge on any atom is -0.332 e. The van der Waals surface area contributed by atoms with Crippen LogP contribution in [0.5, 0.6) is 0 Å². The Morgan fingerprint density at radius 1 is 0.746 bits per heavy atom. The summed E-state index contributed by atoms with van der Waals surface area (Å²) in [7, 11) is 0. The lowest BCUT2D eigenvalue weighted by Crippen LogP contribution is -2.40. The van der Waals surface area contributed by atoms with Gasteiger partial charge in [-0.2, -0.15) is 0 Å². The van der Waals surface area contributed by atoms with Crippen LogP contribution in [0, 0.1) is 27.9 Å². The second-order valence-corrected chi connectivity index (χ2v) is 18.0. The zero-order valence-corrected chi connectivity index (χ0v) is 33.5. The zero-order valence-electron chi connectivity index (χ0n) is 33.5. The highest BCUT2D eigenvalue weighted by atomic mass is 16.6. The number of allylic oxidation sites excluding steroid dienone is 14. The molecule has 0 radical (unpaired) electrons. The minimum atomic E-state index is -0.924. The normalized spacial score (nSPS) is 28.0. The largest absolute Gasteiger partial charge is 0.332 e. The molecule has 4 heteroatoms. The third-order valence-electron chi connectivity index (χ3n) is 14.8. The first-order chi connectivity index (χ1) is 28.9. The average molecular weight is 767 g/mol. The first-order valence-corrected chi connectivity index (χ1v) is 21.5. The molecule has 4 aromatic carbocycles. The number of anilines is 2. The minimum absolute atomic E-state index is 0.0273. The molecule has 0 aromatic heterocycles. The summed E-state index contributed by atoms with van der Waals surface area (Å²) in [5, 5.41) is 16.4. The van der Waals surface area contributed by atoms with Gasteiger partial charge in [-0.15, -0.1) is 0 Å². The highest BCUT2D eigenvalue weighted by Crippen LogP contribution is 2.62. The van der Waals surface area contributed by atoms with Crippen LogP contribution in [0.15, 0.2) is 202 Å². The summed E-state index contributed by atoms with van der Waals surface area (Å²) in [6.45, 7) is 4.77. The molecule has 4 aromatic rings. The molecule has 0 N–H and O–H groups in total. The van der Waals surface area contributed by atoms with Crippen molar-refractivity contribution < 1.29 is 4.92 Å². The fourth-order valence-corrected chi connectivity index (χ4v) is 12.6. The molecule has 59 heavy (non-hydrogen) atoms. The van der Waals surface area contributed by atoms with E-state index in [4.69, 9.17) is 0 Å². The molecule has 6 atom stereocenters. The third kappa shape index (κ3) is 4.83. The van der Waals surface area contributed by atoms with E-state index in [0.717, 1.165) is 48.1 Å². The van der Waals surface area contributed by atoms with Crippen molar-refractivity contribution in [1.29, 1.82) is 0 Å². The van der Waals surface area contributed by atoms with Crippen molar-refractivity contribution in [1.82, 2.24) is 0 Å². The highest BCUT2D eigenvalue weighted by Gasteiger charge is 2.53. The number of fused-ring (bicyclic) bond motifs is 12. The summed E-state index contributed by atoms with van der Waals surface area (Å²) in [6.07, 6.45) is 28.7. The van der Waals surface area contributed by atoms with Crippen LogP contribution in [0.3, 0.4) is 0 Å². The Labute approximate surface area is 346 Å². The van der Waals surface area contributed by atoms with E-state index in [1.165, 1.54) is 66.6 Å². The molecule has 288 valence electrons. The van der Waals surface area contributed by atoms with Crippen LogP contribution in [0.2, 0.25) is 0 Å². The lowest BCUT2D eigenvalue weighted by atomic mass is 9.60. The van der Waals surface area contributed by atoms with Crippen LogP contribution < -0.4 is 4.90 Å². The van der Waals surface area contributed by atoms with Crippen LogP contribution in [-0.4, -0.2) is 17.0 Å². The molecular weight excluding hydrogens is 721 g/mol. The van der Waals surface area contributed by atoms with Gasteiger partial charge in [0.15, 0.2) is 0 Å². The maximum absolute atomic E-state index is 14.0. The monoisotopic (exact) mass is 766 g/mol. The molecule has 1 aliphatic heterocycles. The van der Waals surface area contributed by atoms with Crippen molar-refractivity contribution in [2.24, 2.45) is 17.8 Å². The Balaban J connectivity index is 1.03. The second-order valence-electron chi connectivity index (χ2n) is 18.0. The van der Waals surface area contributed by atoms with Gasteiger partial charge in [0, 0.05) is 44.7 Å². The van der Waals surface area contributed by atoms with Gasteiger partial charge in [0.2, 0.25) is 6.04 Å². The van der Waals surface area contributed by atoms with Crippen molar-refractivity contribution >= 4 is 27.7 Å². The third-order valence-corrected chi connectivity index (χ3v) is 14.8. The van der Waals surface area contributed by atoms with E-state index in [2.05, 4.69) is 177 Å². The van der Waals surface area contributed by atoms with Crippen LogP contribution >= 0.6 is 0 Å². The molecule has 4 nitrogen and oxygen atoms in total. The van der Waals surface area contributed by atoms with E-state index in [1.54, 1.807) is 0 Å². The molecule has 0 bridgehead atoms. The Bertz CT molecular complexity index is 2870. The SMILES string of the molecule is CC1(C)C2=C(c3ccccc31)C1C=CC=CC1C1=C2CCC=C1C1C=CC=C(C2=CC3=C(C=CCC3)C3C2c2ccc4ccccc4c2N3c2ccccc2)C1[N+](=O)[O-]. The van der Waals surface area contributed by atoms with E-state index in [9.17, 15) is 10.1 Å². The average Bonchev–Trinajstić information content (AvgIpc) is 3.76. The molecule has 6 unspecified atom stereocenters. The van der Waals surface area contributed by atoms with Crippen molar-refractivity contribution in [2.75, 3.05) is 4.90 Å². The lowest BCUT2D eigenvalue weighted by Gasteiger charge is -2.43. The van der Waals surface area contributed by atoms with Crippen molar-refractivity contribution in [2.45, 2.75) is 62.9 Å². The summed E-state index contributed by atoms with van der Waals surface area (Å²) in [4.78, 5) is 16.6. The van der Waals surface area contributed by atoms with E-state index in [1.807, 2.05) is 0 Å². The van der Waals surface area contributed by atoms with Gasteiger partial charge in [-0.25, -0.2) is 0 Å². The molecule has 12 rings (SSSR count). The van der Waals surface area contributed by atoms with E-state index in [0.29, 0.717) is 0 Å². The number of hydrogen-bond donors (Lipinski definition) is 0. The quantitative estimate of drug-likeness (QED) is 0.153. The van der Waals surface area contributed by atoms with Gasteiger partial charge < -0.3 is 4.90 Å². The van der Waals surface area contributed by atoms with E-state index in [-0.39, 0.29) is 34.1 Å². The molecule has 1 heterocycles. The molecule has 0 fully saturated rings. The first kappa shape index (κ1) is 34.8. The Kier molecular flexibility index (Phi) is 7.58. The summed E-state index contributed by atoms with van der Waals surface area (Å²) in [6, 6.07) is 32.0. The summed E-state index contributed by atoms with van der Waals surface area (Å²) >= 11 is 0. The Hall–Kier alpha value is -6.26. The predicted molar refractivity (Wildman–Crippen MR) is 240 cm³/mol. The number of nitro groups is 1. The fourth-order valence-electron chi connectivity index (χ4n) is 12.6. The van der Waals surface area contributed by atoms with Crippen molar-refractivity contribution in [3.05, 3.63) is 229 Å². The van der Waals surface area contributed by atoms with Gasteiger partial charge in [0.1, 0.15) is 0 Å². The zero-order chi connectivity index (χ0) is 39.6. The van der Waals surface area contributed by atoms with Crippen LogP contribution in [0.1, 0.15) is 62.1 Å². The van der Waals surface area contributed by atoms with Gasteiger partial charge in [0.05, 0.1) is 17.6 Å². The van der Waals surface area contributed by atoms with E-state index < -0.39 is 12.0 Å². The van der Waals surface area contributed by atoms with E-state index >= 15 is 0 Å². The van der Waals surface area contributed by atoms with Gasteiger partial charge >= 0.3 is 0 Å². The maximum Gasteiger partial charge on any atom is 0.248 e. The summed E-state index contributed by atoms with van der Waals surface area (Å²) in [5.41, 5.74) is 17.6. The van der Waals surface area contributed by atoms with Gasteiger partial charge in [-0.1, -0.05) is 160 Å². The number of para-hydroxylation sites is 1. The fraction of sp³-hybridized carbons (Fsp3) is 0.236. The standard InChI is InChI=1S/C55H46N2O2/c1-55(2)47-29-13-12-24-43(47)49-39-23-11-10-22-38(39)48-40(25-14-28-44(48)51(49)55)41-26-15-27-42(53(41)57(58)59)46-32-34-17-7-9-21-37(34)54-50(46)45-31-30-33-16-6-8-20-36(33)52(45)56(54)35-18-4-3-5-19-35/h3-6,8-13,15-16,18-27,29-32,38-39,41,50,53-54H,7,14,17,28H2,1-2H3. The Morgan fingerprint density at radius 2 is 1.51 bits per heavy atom. The Morgan fingerprint density at radius 3 is 2.36 bits per heavy atom. The predicted octanol–water partition coefficient (Wildman–Crippen LogP) is 12.9. The molecule has 0 amide bonds. The molecular formula is C55H46N2O2. The number of hydrogen-bond acceptors (Lipinski definition) is 3. The van der Waals surface area contributed by atoms with Crippen molar-refractivity contribution in [3.8, 4) is 0 Å². The molecule has 0 saturated carbocycles. The topological polar surface area (TPSA) is 46.4 Å². The van der Waals surface area contributed by atoms with Gasteiger partial charge in [-0.05, 0) is 104 Å². The smallest absolute Gasteiger partial charge is 0.248 e. The molecule has 8 aliphatic rings. The summed E-state index contributed by atoms with van der Waals surface area (Å²) in [5.74, 6) is -0.154. The summed E-state index contributed by atoms with van der Waals surface area (Å²) < 4.78 is 0. The van der Waals surface area contributed by atoms with Crippen LogP contribution in [0.4, 0.5) is 11.4 Å². The van der Waals surface area contributed by atoms with Crippen LogP contribution in [-0.2, 0) is 5.41 Å². The molecule has 0 saturated heterocycles. The van der Waals surface area contributed by atoms with Crippen LogP contribution in [0.25, 0.3) is 16.3 Å². The molecule has 7 aliphatic carbocycles. The lowest BCUT2D eigenvalue weighted by molar-refractivity contribution is -0.517. The molecule has 0 spiro atoms. The highest BCUT2D eigenvalue weighted by molar-refractivity contribution is 6.01. The number of nitrogens with zero attached hydrogens (tertiary/aromatic N) is 2. The maximum atomic E-state index is 14.0. The number of rotatable bonds is 4.